The molecule has 60 heavy (non-hydrogen) atoms. The highest BCUT2D eigenvalue weighted by Crippen LogP contribution is 2.51. The fourth-order valence-corrected chi connectivity index (χ4v) is 12.1. The number of fused-ring (bicyclic) bond motifs is 6. The molecule has 4 aromatic carbocycles. The molecule has 0 aromatic heterocycles. The van der Waals surface area contributed by atoms with Crippen molar-refractivity contribution in [3.8, 4) is 11.5 Å². The van der Waals surface area contributed by atoms with Crippen LogP contribution in [0, 0.1) is 17.2 Å². The molecule has 7 aliphatic rings. The molecule has 1 spiro atoms. The van der Waals surface area contributed by atoms with Crippen molar-refractivity contribution in [1.29, 1.82) is 0 Å². The Morgan fingerprint density at radius 3 is 2.45 bits per heavy atom. The number of amides is 3. The maximum atomic E-state index is 16.2. The summed E-state index contributed by atoms with van der Waals surface area (Å²) in [7, 11) is 0. The van der Waals surface area contributed by atoms with Gasteiger partial charge in [0.15, 0.2) is 0 Å². The Bertz CT molecular complexity index is 2370. The monoisotopic (exact) mass is 809 g/mol. The minimum absolute atomic E-state index is 0.0234. The number of nitrogens with zero attached hydrogens (tertiary/aromatic N) is 4. The number of piperazine rings is 1. The summed E-state index contributed by atoms with van der Waals surface area (Å²) < 4.78 is 22.6. The quantitative estimate of drug-likeness (QED) is 0.207. The van der Waals surface area contributed by atoms with Crippen molar-refractivity contribution >= 4 is 29.1 Å². The molecule has 3 amide bonds. The standard InChI is InChI=1S/C49H52FN5O5/c50-40-23-33(45-36(31-4-2-1-3-5-31)9-6-32-22-35(56)8-10-37(32)45)7-12-41(40)53-28-49(29-53)18-16-30(17-19-49)24-52-20-21-54-34(25-52)27-60-46-39-26-55(43-14-15-44(57)51-47(43)58)48(59)38(39)11-13-42(46)54/h1-5,7-8,10-13,22-23,30,34,36,43,45,56H,6,9,14-21,24-29H2,(H,51,57,58)/t34-,36-,43+,45+/m1/s1. The Balaban J connectivity index is 0.698. The van der Waals surface area contributed by atoms with Crippen LogP contribution in [0.5, 0.6) is 11.5 Å². The molecule has 5 heterocycles. The molecule has 0 radical (unpaired) electrons. The number of imide groups is 1. The van der Waals surface area contributed by atoms with Crippen LogP contribution in [0.25, 0.3) is 0 Å². The van der Waals surface area contributed by atoms with Gasteiger partial charge in [-0.3, -0.25) is 24.6 Å². The van der Waals surface area contributed by atoms with E-state index in [4.69, 9.17) is 4.74 Å². The van der Waals surface area contributed by atoms with Crippen LogP contribution in [0.2, 0.25) is 0 Å². The van der Waals surface area contributed by atoms with Crippen LogP contribution in [-0.4, -0.2) is 90.6 Å². The first-order valence-electron chi connectivity index (χ1n) is 22.0. The van der Waals surface area contributed by atoms with Gasteiger partial charge >= 0.3 is 0 Å². The van der Waals surface area contributed by atoms with Crippen LogP contribution in [0.3, 0.4) is 0 Å². The zero-order valence-electron chi connectivity index (χ0n) is 34.0. The molecular weight excluding hydrogens is 758 g/mol. The van der Waals surface area contributed by atoms with Gasteiger partial charge < -0.3 is 24.5 Å². The molecule has 11 heteroatoms. The number of aryl methyl sites for hydroxylation is 1. The fraction of sp³-hybridized carbons (Fsp3) is 0.449. The van der Waals surface area contributed by atoms with Gasteiger partial charge in [-0.25, -0.2) is 4.39 Å². The van der Waals surface area contributed by atoms with Crippen molar-refractivity contribution in [3.05, 3.63) is 118 Å². The number of phenolic OH excluding ortho intramolecular Hbond substituents is 1. The number of piperidine rings is 1. The summed E-state index contributed by atoms with van der Waals surface area (Å²) in [6.07, 6.45) is 7.16. The molecule has 310 valence electrons. The van der Waals surface area contributed by atoms with Gasteiger partial charge in [0.25, 0.3) is 5.91 Å². The number of nitrogens with one attached hydrogen (secondary N) is 1. The summed E-state index contributed by atoms with van der Waals surface area (Å²) in [5.41, 5.74) is 8.03. The molecule has 0 bridgehead atoms. The van der Waals surface area contributed by atoms with E-state index in [0.717, 1.165) is 80.2 Å². The number of carbonyl (C=O) groups excluding carboxylic acids is 3. The number of aromatic hydroxyl groups is 1. The molecule has 4 fully saturated rings. The Morgan fingerprint density at radius 1 is 0.833 bits per heavy atom. The summed E-state index contributed by atoms with van der Waals surface area (Å²) >= 11 is 0. The predicted molar refractivity (Wildman–Crippen MR) is 226 cm³/mol. The van der Waals surface area contributed by atoms with E-state index >= 15 is 4.39 Å². The zero-order valence-corrected chi connectivity index (χ0v) is 34.0. The lowest BCUT2D eigenvalue weighted by Gasteiger charge is -2.55. The van der Waals surface area contributed by atoms with E-state index in [1.54, 1.807) is 17.0 Å². The molecule has 0 unspecified atom stereocenters. The Hall–Kier alpha value is -5.42. The highest BCUT2D eigenvalue weighted by Gasteiger charge is 2.47. The van der Waals surface area contributed by atoms with E-state index in [1.807, 2.05) is 36.4 Å². The average Bonchev–Trinajstić information content (AvgIpc) is 3.58. The zero-order chi connectivity index (χ0) is 40.7. The third kappa shape index (κ3) is 6.42. The van der Waals surface area contributed by atoms with Crippen LogP contribution in [0.4, 0.5) is 15.8 Å². The minimum Gasteiger partial charge on any atom is -0.508 e. The average molecular weight is 810 g/mol. The predicted octanol–water partition coefficient (Wildman–Crippen LogP) is 6.73. The van der Waals surface area contributed by atoms with E-state index < -0.39 is 11.9 Å². The van der Waals surface area contributed by atoms with Gasteiger partial charge in [0.1, 0.15) is 30.0 Å². The first-order chi connectivity index (χ1) is 29.2. The number of benzene rings is 4. The molecule has 2 aliphatic carbocycles. The molecule has 10 nitrogen and oxygen atoms in total. The van der Waals surface area contributed by atoms with Gasteiger partial charge in [-0.1, -0.05) is 42.5 Å². The van der Waals surface area contributed by atoms with E-state index in [1.165, 1.54) is 36.8 Å². The SMILES string of the molecule is O=C1CC[C@H](N2Cc3c(ccc4c3OC[C@H]3CN(CC5CCC6(CC5)CN(c5ccc([C@@H]7c8ccc(O)cc8CC[C@@H]7c7ccccc7)cc5F)C6)CCN43)C2=O)C(=O)N1. The molecule has 4 atom stereocenters. The van der Waals surface area contributed by atoms with E-state index in [0.29, 0.717) is 36.7 Å². The maximum Gasteiger partial charge on any atom is 0.255 e. The molecule has 4 aromatic rings. The normalized spacial score (nSPS) is 26.1. The molecule has 5 aliphatic heterocycles. The Morgan fingerprint density at radius 2 is 1.65 bits per heavy atom. The summed E-state index contributed by atoms with van der Waals surface area (Å²) in [6.45, 7) is 6.57. The first-order valence-corrected chi connectivity index (χ1v) is 22.0. The van der Waals surface area contributed by atoms with Gasteiger partial charge in [0, 0.05) is 68.1 Å². The van der Waals surface area contributed by atoms with E-state index in [2.05, 4.69) is 50.3 Å². The lowest BCUT2D eigenvalue weighted by molar-refractivity contribution is -0.136. The van der Waals surface area contributed by atoms with Crippen LogP contribution < -0.4 is 19.9 Å². The number of halogens is 1. The largest absolute Gasteiger partial charge is 0.508 e. The Kier molecular flexibility index (Phi) is 9.17. The van der Waals surface area contributed by atoms with Crippen molar-refractivity contribution in [2.24, 2.45) is 11.3 Å². The van der Waals surface area contributed by atoms with Gasteiger partial charge in [0.05, 0.1) is 24.0 Å². The van der Waals surface area contributed by atoms with E-state index in [9.17, 15) is 19.5 Å². The molecular formula is C49H52FN5O5. The lowest BCUT2D eigenvalue weighted by atomic mass is 9.65. The number of phenols is 1. The Labute approximate surface area is 350 Å². The van der Waals surface area contributed by atoms with Gasteiger partial charge in [0.2, 0.25) is 11.8 Å². The summed E-state index contributed by atoms with van der Waals surface area (Å²) in [5.74, 6) is 0.944. The number of hydrogen-bond donors (Lipinski definition) is 2. The van der Waals surface area contributed by atoms with Crippen molar-refractivity contribution in [2.75, 3.05) is 55.7 Å². The van der Waals surface area contributed by atoms with Crippen molar-refractivity contribution < 1.29 is 28.6 Å². The molecule has 1 saturated carbocycles. The maximum absolute atomic E-state index is 16.2. The number of hydrogen-bond acceptors (Lipinski definition) is 8. The van der Waals surface area contributed by atoms with Crippen molar-refractivity contribution in [1.82, 2.24) is 15.1 Å². The highest BCUT2D eigenvalue weighted by atomic mass is 19.1. The van der Waals surface area contributed by atoms with Gasteiger partial charge in [-0.05, 0) is 115 Å². The first kappa shape index (κ1) is 37.6. The minimum atomic E-state index is -0.644. The molecule has 3 saturated heterocycles. The summed E-state index contributed by atoms with van der Waals surface area (Å²) in [6, 6.07) is 25.7. The third-order valence-electron chi connectivity index (χ3n) is 15.2. The highest BCUT2D eigenvalue weighted by molar-refractivity contribution is 6.06. The van der Waals surface area contributed by atoms with Crippen LogP contribution >= 0.6 is 0 Å². The van der Waals surface area contributed by atoms with Crippen LogP contribution in [0.1, 0.15) is 95.0 Å². The number of anilines is 2. The van der Waals surface area contributed by atoms with Crippen LogP contribution in [0.15, 0.2) is 78.9 Å². The lowest BCUT2D eigenvalue weighted by Crippen LogP contribution is -2.59. The fourth-order valence-electron chi connectivity index (χ4n) is 12.1. The second-order valence-electron chi connectivity index (χ2n) is 18.7. The summed E-state index contributed by atoms with van der Waals surface area (Å²) in [5, 5.41) is 12.6. The number of rotatable bonds is 6. The number of carbonyl (C=O) groups is 3. The number of ether oxygens (including phenoxy) is 1. The second kappa shape index (κ2) is 14.6. The second-order valence-corrected chi connectivity index (χ2v) is 18.7. The van der Waals surface area contributed by atoms with Gasteiger partial charge in [-0.2, -0.15) is 0 Å². The third-order valence-corrected chi connectivity index (χ3v) is 15.2. The van der Waals surface area contributed by atoms with Gasteiger partial charge in [-0.15, -0.1) is 0 Å². The van der Waals surface area contributed by atoms with Crippen LogP contribution in [-0.2, 0) is 22.6 Å². The van der Waals surface area contributed by atoms with Crippen molar-refractivity contribution in [3.63, 3.8) is 0 Å². The van der Waals surface area contributed by atoms with E-state index in [-0.39, 0.29) is 53.1 Å². The molecule has 11 rings (SSSR count). The molecule has 2 N–H and O–H groups in total. The van der Waals surface area contributed by atoms with Crippen molar-refractivity contribution in [2.45, 2.75) is 81.8 Å². The summed E-state index contributed by atoms with van der Waals surface area (Å²) in [4.78, 5) is 46.6. The smallest absolute Gasteiger partial charge is 0.255 e. The topological polar surface area (TPSA) is 106 Å².